The molecule has 0 aliphatic rings. The van der Waals surface area contributed by atoms with Gasteiger partial charge in [-0.1, -0.05) is 53.5 Å². The number of nitrogens with zero attached hydrogens (tertiary/aromatic N) is 5. The number of hydrazine groups is 1. The standard InChI is InChI=1S/C21H19Cl2N5O2.C7H11N3O2/c22-15-6-7-19(28(25)11-20(23)24)17(9-15)18-10-21(30)27(13-26-18)16(12-29)8-14-4-2-1-3-5-14;1-8-6-3-9-10(4-6)5-7(11)12-2/h1-7,9-13,16H,8,24-25H2;3-4,8H,5H2,1-2H3/b20-11-;. The van der Waals surface area contributed by atoms with Gasteiger partial charge in [-0.2, -0.15) is 5.10 Å². The number of aldehydes is 1. The number of halogens is 2. The molecule has 5 N–H and O–H groups in total. The Morgan fingerprint density at radius 2 is 1.95 bits per heavy atom. The Kier molecular flexibility index (Phi) is 11.7. The van der Waals surface area contributed by atoms with Crippen LogP contribution in [0.4, 0.5) is 11.4 Å². The summed E-state index contributed by atoms with van der Waals surface area (Å²) in [6.45, 7) is 0.151. The van der Waals surface area contributed by atoms with Gasteiger partial charge in [0.15, 0.2) is 0 Å². The third-order valence-corrected chi connectivity index (χ3v) is 6.19. The highest BCUT2D eigenvalue weighted by Crippen LogP contribution is 2.31. The fourth-order valence-corrected chi connectivity index (χ4v) is 4.07. The second-order valence-electron chi connectivity index (χ2n) is 8.75. The van der Waals surface area contributed by atoms with Gasteiger partial charge < -0.3 is 20.6 Å². The van der Waals surface area contributed by atoms with Crippen molar-refractivity contribution in [1.29, 1.82) is 0 Å². The minimum Gasteiger partial charge on any atom is -0.468 e. The molecule has 0 aliphatic heterocycles. The Balaban J connectivity index is 0.000000337. The number of nitrogens with one attached hydrogen (secondary N) is 1. The lowest BCUT2D eigenvalue weighted by molar-refractivity contribution is -0.141. The van der Waals surface area contributed by atoms with E-state index in [1.807, 2.05) is 30.3 Å². The maximum Gasteiger partial charge on any atom is 0.327 e. The van der Waals surface area contributed by atoms with Gasteiger partial charge in [-0.05, 0) is 23.8 Å². The molecule has 2 aromatic heterocycles. The minimum absolute atomic E-state index is 0.0171. The molecule has 0 saturated heterocycles. The zero-order valence-electron chi connectivity index (χ0n) is 22.9. The molecule has 14 heteroatoms. The fourth-order valence-electron chi connectivity index (χ4n) is 3.79. The summed E-state index contributed by atoms with van der Waals surface area (Å²) in [6, 6.07) is 15.0. The molecule has 0 radical (unpaired) electrons. The summed E-state index contributed by atoms with van der Waals surface area (Å²) in [5.74, 6) is 5.69. The van der Waals surface area contributed by atoms with Gasteiger partial charge in [0.05, 0.1) is 48.9 Å². The second kappa shape index (κ2) is 15.4. The summed E-state index contributed by atoms with van der Waals surface area (Å²) < 4.78 is 7.28. The van der Waals surface area contributed by atoms with Crippen LogP contribution in [0.5, 0.6) is 0 Å². The van der Waals surface area contributed by atoms with E-state index in [2.05, 4.69) is 20.1 Å². The number of ether oxygens (including phenoxy) is 1. The number of esters is 1. The van der Waals surface area contributed by atoms with E-state index in [0.29, 0.717) is 28.4 Å². The molecule has 0 aliphatic carbocycles. The molecular formula is C28H30Cl2N8O4. The van der Waals surface area contributed by atoms with E-state index in [4.69, 9.17) is 34.8 Å². The fraction of sp³-hybridized carbons (Fsp3) is 0.179. The summed E-state index contributed by atoms with van der Waals surface area (Å²) in [5, 5.41) is 8.46. The van der Waals surface area contributed by atoms with Crippen LogP contribution in [0.25, 0.3) is 11.3 Å². The van der Waals surface area contributed by atoms with Crippen molar-refractivity contribution in [3.05, 3.63) is 106 Å². The van der Waals surface area contributed by atoms with E-state index >= 15 is 0 Å². The van der Waals surface area contributed by atoms with Gasteiger partial charge in [0, 0.05) is 36.3 Å². The van der Waals surface area contributed by atoms with Crippen LogP contribution < -0.4 is 27.5 Å². The zero-order valence-corrected chi connectivity index (χ0v) is 24.4. The summed E-state index contributed by atoms with van der Waals surface area (Å²) >= 11 is 11.8. The molecule has 0 bridgehead atoms. The first-order valence-electron chi connectivity index (χ1n) is 12.5. The van der Waals surface area contributed by atoms with Gasteiger partial charge in [0.2, 0.25) is 0 Å². The molecule has 2 aromatic carbocycles. The lowest BCUT2D eigenvalue weighted by Gasteiger charge is -2.19. The van der Waals surface area contributed by atoms with E-state index < -0.39 is 6.04 Å². The number of rotatable bonds is 10. The SMILES string of the molecule is CNc1cnn(CC(=O)OC)c1.N/C(Cl)=C\N(N)c1ccc(Cl)cc1-c1cc(=O)n(C(C=O)Cc2ccccc2)cn1. The highest BCUT2D eigenvalue weighted by molar-refractivity contribution is 6.31. The van der Waals surface area contributed by atoms with Crippen molar-refractivity contribution in [3.8, 4) is 11.3 Å². The van der Waals surface area contributed by atoms with Crippen LogP contribution in [0.1, 0.15) is 11.6 Å². The molecule has 4 rings (SSSR count). The van der Waals surface area contributed by atoms with Crippen molar-refractivity contribution in [2.24, 2.45) is 11.6 Å². The van der Waals surface area contributed by atoms with E-state index in [1.54, 1.807) is 37.6 Å². The van der Waals surface area contributed by atoms with Gasteiger partial charge >= 0.3 is 5.97 Å². The molecule has 2 heterocycles. The third-order valence-electron chi connectivity index (χ3n) is 5.85. The Labute approximate surface area is 252 Å². The molecule has 0 saturated carbocycles. The van der Waals surface area contributed by atoms with Crippen LogP contribution in [0.2, 0.25) is 5.02 Å². The van der Waals surface area contributed by atoms with E-state index in [0.717, 1.165) is 17.5 Å². The van der Waals surface area contributed by atoms with E-state index in [9.17, 15) is 14.4 Å². The summed E-state index contributed by atoms with van der Waals surface area (Å²) in [4.78, 5) is 39.6. The van der Waals surface area contributed by atoms with Crippen molar-refractivity contribution in [2.45, 2.75) is 19.0 Å². The van der Waals surface area contributed by atoms with Crippen molar-refractivity contribution in [2.75, 3.05) is 24.5 Å². The minimum atomic E-state index is -0.676. The highest BCUT2D eigenvalue weighted by Gasteiger charge is 2.16. The number of hydrogen-bond acceptors (Lipinski definition) is 10. The number of methoxy groups -OCH3 is 1. The Morgan fingerprint density at radius 1 is 1.21 bits per heavy atom. The van der Waals surface area contributed by atoms with E-state index in [1.165, 1.54) is 40.0 Å². The summed E-state index contributed by atoms with van der Waals surface area (Å²) in [7, 11) is 3.14. The molecule has 0 spiro atoms. The van der Waals surface area contributed by atoms with Gasteiger partial charge in [-0.25, -0.2) is 10.8 Å². The maximum absolute atomic E-state index is 12.8. The number of carbonyl (C=O) groups excluding carboxylic acids is 2. The molecule has 1 atom stereocenters. The molecule has 4 aromatic rings. The maximum atomic E-state index is 12.8. The first kappa shape index (κ1) is 31.9. The smallest absolute Gasteiger partial charge is 0.327 e. The topological polar surface area (TPSA) is 163 Å². The first-order chi connectivity index (χ1) is 20.1. The van der Waals surface area contributed by atoms with Crippen LogP contribution in [0, 0.1) is 0 Å². The van der Waals surface area contributed by atoms with Gasteiger partial charge in [0.25, 0.3) is 5.56 Å². The quantitative estimate of drug-likeness (QED) is 0.0795. The number of hydrogen-bond donors (Lipinski definition) is 3. The van der Waals surface area contributed by atoms with Gasteiger partial charge in [0.1, 0.15) is 18.0 Å². The number of anilines is 2. The van der Waals surface area contributed by atoms with Crippen molar-refractivity contribution in [3.63, 3.8) is 0 Å². The number of nitrogens with two attached hydrogens (primary N) is 2. The predicted molar refractivity (Wildman–Crippen MR) is 163 cm³/mol. The van der Waals surface area contributed by atoms with Crippen molar-refractivity contribution in [1.82, 2.24) is 19.3 Å². The lowest BCUT2D eigenvalue weighted by Crippen LogP contribution is -2.28. The van der Waals surface area contributed by atoms with Gasteiger partial charge in [-0.3, -0.25) is 23.8 Å². The van der Waals surface area contributed by atoms with Crippen molar-refractivity contribution < 1.29 is 14.3 Å². The number of benzene rings is 2. The highest BCUT2D eigenvalue weighted by atomic mass is 35.5. The molecule has 1 unspecified atom stereocenters. The average Bonchev–Trinajstić information content (AvgIpc) is 3.44. The number of aromatic nitrogens is 4. The molecule has 0 fully saturated rings. The number of carbonyl (C=O) groups is 2. The second-order valence-corrected chi connectivity index (χ2v) is 9.62. The monoisotopic (exact) mass is 612 g/mol. The molecule has 0 amide bonds. The normalized spacial score (nSPS) is 11.6. The van der Waals surface area contributed by atoms with E-state index in [-0.39, 0.29) is 23.2 Å². The summed E-state index contributed by atoms with van der Waals surface area (Å²) in [6.07, 6.45) is 7.15. The van der Waals surface area contributed by atoms with Crippen LogP contribution in [0.15, 0.2) is 89.5 Å². The zero-order chi connectivity index (χ0) is 30.6. The van der Waals surface area contributed by atoms with Crippen molar-refractivity contribution >= 4 is 46.8 Å². The summed E-state index contributed by atoms with van der Waals surface area (Å²) in [5.41, 5.74) is 8.25. The third kappa shape index (κ3) is 8.93. The Hall–Kier alpha value is -4.65. The molecular weight excluding hydrogens is 583 g/mol. The van der Waals surface area contributed by atoms with Crippen LogP contribution in [-0.2, 0) is 27.3 Å². The first-order valence-corrected chi connectivity index (χ1v) is 13.2. The molecule has 12 nitrogen and oxygen atoms in total. The van der Waals surface area contributed by atoms with Crippen LogP contribution in [0.3, 0.4) is 0 Å². The lowest BCUT2D eigenvalue weighted by atomic mass is 10.1. The largest absolute Gasteiger partial charge is 0.468 e. The Morgan fingerprint density at radius 3 is 2.55 bits per heavy atom. The van der Waals surface area contributed by atoms with Crippen LogP contribution in [-0.4, -0.2) is 45.7 Å². The molecule has 42 heavy (non-hydrogen) atoms. The Bertz CT molecular complexity index is 1590. The molecule has 220 valence electrons. The van der Waals surface area contributed by atoms with Gasteiger partial charge in [-0.15, -0.1) is 0 Å². The predicted octanol–water partition coefficient (Wildman–Crippen LogP) is 3.32. The average molecular weight is 614 g/mol. The van der Waals surface area contributed by atoms with Crippen LogP contribution >= 0.6 is 23.2 Å².